The van der Waals surface area contributed by atoms with Crippen LogP contribution in [0.5, 0.6) is 0 Å². The number of halogens is 7. The summed E-state index contributed by atoms with van der Waals surface area (Å²) < 4.78 is 73.8. The number of hydrogen-bond donors (Lipinski definition) is 2. The van der Waals surface area contributed by atoms with E-state index in [4.69, 9.17) is 21.5 Å². The van der Waals surface area contributed by atoms with E-state index in [1.54, 1.807) is 6.20 Å². The lowest BCUT2D eigenvalue weighted by Crippen LogP contribution is -2.27. The van der Waals surface area contributed by atoms with Crippen LogP contribution >= 0.6 is 11.6 Å². The molecule has 0 saturated carbocycles. The Hall–Kier alpha value is -5.58. The average molecular weight is 748 g/mol. The smallest absolute Gasteiger partial charge is 0.475 e. The number of rotatable bonds is 3. The number of anilines is 1. The molecule has 0 saturated heterocycles. The molecule has 272 valence electrons. The van der Waals surface area contributed by atoms with Gasteiger partial charge >= 0.3 is 18.3 Å². The number of carbonyl (C=O) groups excluding carboxylic acids is 1. The van der Waals surface area contributed by atoms with Crippen LogP contribution < -0.4 is 10.9 Å². The zero-order chi connectivity index (χ0) is 38.0. The molecule has 0 fully saturated rings. The summed E-state index contributed by atoms with van der Waals surface area (Å²) in [6, 6.07) is 14.9. The minimum Gasteiger partial charge on any atom is -0.475 e. The number of nitrogens with one attached hydrogen (secondary N) is 1. The number of amides is 1. The van der Waals surface area contributed by atoms with Crippen LogP contribution in [-0.4, -0.2) is 52.7 Å². The normalized spacial score (nSPS) is 16.4. The number of carboxylic acid groups (broad SMARTS) is 1. The van der Waals surface area contributed by atoms with Crippen LogP contribution in [0.15, 0.2) is 78.1 Å². The number of aliphatic carboxylic acids is 1. The Kier molecular flexibility index (Phi) is 10.8. The first-order valence-corrected chi connectivity index (χ1v) is 15.9. The molecular weight excluding hydrogens is 720 g/mol. The summed E-state index contributed by atoms with van der Waals surface area (Å²) in [5.74, 6) is -3.10. The molecule has 0 unspecified atom stereocenters. The fourth-order valence-corrected chi connectivity index (χ4v) is 5.63. The number of alkyl halides is 6. The summed E-state index contributed by atoms with van der Waals surface area (Å²) >= 11 is 6.24. The minimum absolute atomic E-state index is 0.0801. The number of nitrogens with zero attached hydrogens (tertiary/aromatic N) is 6. The number of aromatic nitrogens is 6. The first-order valence-electron chi connectivity index (χ1n) is 15.5. The molecule has 0 radical (unpaired) electrons. The number of fused-ring (bicyclic) bond motifs is 4. The summed E-state index contributed by atoms with van der Waals surface area (Å²) in [6.07, 6.45) is -4.18. The number of pyridine rings is 1. The number of benzene rings is 2. The van der Waals surface area contributed by atoms with Crippen LogP contribution in [0.4, 0.5) is 32.0 Å². The zero-order valence-corrected chi connectivity index (χ0v) is 28.0. The van der Waals surface area contributed by atoms with Crippen molar-refractivity contribution in [3.05, 3.63) is 106 Å². The molecule has 18 heteroatoms. The van der Waals surface area contributed by atoms with E-state index in [9.17, 15) is 35.9 Å². The van der Waals surface area contributed by atoms with Gasteiger partial charge in [0.1, 0.15) is 0 Å². The van der Waals surface area contributed by atoms with E-state index in [0.717, 1.165) is 27.6 Å². The Morgan fingerprint density at radius 3 is 2.35 bits per heavy atom. The fourth-order valence-electron chi connectivity index (χ4n) is 5.46. The highest BCUT2D eigenvalue weighted by atomic mass is 35.5. The molecule has 2 bridgehead atoms. The Bertz CT molecular complexity index is 2180. The van der Waals surface area contributed by atoms with Crippen LogP contribution in [0, 0.1) is 12.8 Å². The highest BCUT2D eigenvalue weighted by Crippen LogP contribution is 2.34. The maximum atomic E-state index is 13.7. The number of carbonyl (C=O) groups is 2. The molecule has 3 aromatic heterocycles. The molecular formula is C34H28ClF6N7O4. The predicted molar refractivity (Wildman–Crippen MR) is 177 cm³/mol. The van der Waals surface area contributed by atoms with E-state index < -0.39 is 35.6 Å². The summed E-state index contributed by atoms with van der Waals surface area (Å²) in [4.78, 5) is 44.8. The van der Waals surface area contributed by atoms with Crippen LogP contribution in [0.2, 0.25) is 5.02 Å². The molecule has 52 heavy (non-hydrogen) atoms. The predicted octanol–water partition coefficient (Wildman–Crippen LogP) is 7.51. The first-order chi connectivity index (χ1) is 24.4. The maximum Gasteiger partial charge on any atom is 0.490 e. The SMILES string of the molecule is Cc1ccc2c(c1)NC(=O)[C@H](C)CCC[C@H](n1cnc(-c3cc(Cl)ccc3-n3cc(C(F)(F)F)nn3)cc1=O)c1cc-2ccn1.O=C(O)C(F)(F)F. The number of hydrogen-bond acceptors (Lipinski definition) is 7. The van der Waals surface area contributed by atoms with Crippen molar-refractivity contribution in [1.29, 1.82) is 0 Å². The van der Waals surface area contributed by atoms with Crippen LogP contribution in [0.1, 0.15) is 49.2 Å². The number of aryl methyl sites for hydroxylation is 1. The van der Waals surface area contributed by atoms with Crippen molar-refractivity contribution in [2.24, 2.45) is 5.92 Å². The Balaban J connectivity index is 0.000000679. The van der Waals surface area contributed by atoms with Crippen molar-refractivity contribution in [1.82, 2.24) is 29.5 Å². The van der Waals surface area contributed by atoms with Crippen molar-refractivity contribution in [2.75, 3.05) is 5.32 Å². The monoisotopic (exact) mass is 747 g/mol. The van der Waals surface area contributed by atoms with Crippen LogP contribution in [0.25, 0.3) is 28.1 Å². The van der Waals surface area contributed by atoms with Gasteiger partial charge in [0.05, 0.1) is 35.6 Å². The third-order valence-corrected chi connectivity index (χ3v) is 8.34. The summed E-state index contributed by atoms with van der Waals surface area (Å²) in [5.41, 5.74) is 3.19. The van der Waals surface area contributed by atoms with Gasteiger partial charge in [-0.25, -0.2) is 14.5 Å². The molecule has 5 aromatic rings. The quantitative estimate of drug-likeness (QED) is 0.181. The summed E-state index contributed by atoms with van der Waals surface area (Å²) in [6.45, 7) is 3.84. The van der Waals surface area contributed by atoms with E-state index >= 15 is 0 Å². The highest BCUT2D eigenvalue weighted by Gasteiger charge is 2.38. The second-order valence-electron chi connectivity index (χ2n) is 11.9. The molecule has 2 aromatic carbocycles. The second-order valence-corrected chi connectivity index (χ2v) is 12.3. The van der Waals surface area contributed by atoms with E-state index in [-0.39, 0.29) is 23.2 Å². The van der Waals surface area contributed by atoms with Crippen molar-refractivity contribution < 1.29 is 41.0 Å². The standard InChI is InChI=1S/C32H27ClF3N7O2.C2HF3O2/c1-18-6-8-22-20-10-11-37-26(13-20)28(5-3-4-19(2)31(45)39-25(22)12-18)42-17-38-24(15-30(42)44)23-14-21(33)7-9-27(23)43-16-29(40-41-43)32(34,35)36;3-2(4,5)1(6)7/h6-17,19,28H,3-5H2,1-2H3,(H,39,45);(H,6,7)/t19-,28+;/m1./s1. The van der Waals surface area contributed by atoms with Gasteiger partial charge in [-0.3, -0.25) is 19.1 Å². The van der Waals surface area contributed by atoms with Gasteiger partial charge in [-0.2, -0.15) is 26.3 Å². The first kappa shape index (κ1) is 37.7. The lowest BCUT2D eigenvalue weighted by atomic mass is 9.95. The zero-order valence-electron chi connectivity index (χ0n) is 27.2. The van der Waals surface area contributed by atoms with Crippen molar-refractivity contribution in [3.63, 3.8) is 0 Å². The van der Waals surface area contributed by atoms with Gasteiger partial charge in [0.2, 0.25) is 5.91 Å². The molecule has 0 spiro atoms. The molecule has 0 aliphatic carbocycles. The van der Waals surface area contributed by atoms with Gasteiger partial charge < -0.3 is 10.4 Å². The van der Waals surface area contributed by atoms with Gasteiger partial charge in [0, 0.05) is 40.0 Å². The third-order valence-electron chi connectivity index (χ3n) is 8.11. The van der Waals surface area contributed by atoms with Crippen molar-refractivity contribution in [2.45, 2.75) is 51.5 Å². The molecule has 1 amide bonds. The van der Waals surface area contributed by atoms with Crippen LogP contribution in [-0.2, 0) is 15.8 Å². The summed E-state index contributed by atoms with van der Waals surface area (Å²) in [7, 11) is 0. The third kappa shape index (κ3) is 8.65. The molecule has 1 aliphatic heterocycles. The van der Waals surface area contributed by atoms with Gasteiger partial charge in [-0.05, 0) is 67.3 Å². The lowest BCUT2D eigenvalue weighted by molar-refractivity contribution is -0.192. The molecule has 1 aliphatic rings. The molecule has 11 nitrogen and oxygen atoms in total. The van der Waals surface area contributed by atoms with E-state index in [2.05, 4.69) is 25.6 Å². The van der Waals surface area contributed by atoms with Crippen molar-refractivity contribution >= 4 is 29.2 Å². The van der Waals surface area contributed by atoms with Gasteiger partial charge in [0.15, 0.2) is 5.69 Å². The Morgan fingerprint density at radius 1 is 0.962 bits per heavy atom. The largest absolute Gasteiger partial charge is 0.490 e. The maximum absolute atomic E-state index is 13.7. The minimum atomic E-state index is -5.08. The lowest BCUT2D eigenvalue weighted by Gasteiger charge is -2.23. The molecule has 2 atom stereocenters. The highest BCUT2D eigenvalue weighted by molar-refractivity contribution is 6.31. The Labute approximate surface area is 295 Å². The van der Waals surface area contributed by atoms with Gasteiger partial charge in [-0.1, -0.05) is 42.3 Å². The van der Waals surface area contributed by atoms with E-state index in [1.807, 2.05) is 44.2 Å². The van der Waals surface area contributed by atoms with E-state index in [0.29, 0.717) is 41.2 Å². The fraction of sp³-hybridized carbons (Fsp3) is 0.265. The Morgan fingerprint density at radius 2 is 1.69 bits per heavy atom. The molecule has 2 N–H and O–H groups in total. The topological polar surface area (TPSA) is 145 Å². The van der Waals surface area contributed by atoms with Crippen molar-refractivity contribution in [3.8, 4) is 28.1 Å². The van der Waals surface area contributed by atoms with E-state index in [1.165, 1.54) is 35.2 Å². The number of carboxylic acids is 1. The van der Waals surface area contributed by atoms with Crippen LogP contribution in [0.3, 0.4) is 0 Å². The average Bonchev–Trinajstić information content (AvgIpc) is 3.58. The molecule has 4 heterocycles. The summed E-state index contributed by atoms with van der Waals surface area (Å²) in [5, 5.41) is 17.4. The second kappa shape index (κ2) is 15.0. The van der Waals surface area contributed by atoms with Gasteiger partial charge in [-0.15, -0.1) is 5.10 Å². The molecule has 6 rings (SSSR count). The van der Waals surface area contributed by atoms with Gasteiger partial charge in [0.25, 0.3) is 5.56 Å².